The highest BCUT2D eigenvalue weighted by atomic mass is 79.9. The maximum atomic E-state index is 3.86. The van der Waals surface area contributed by atoms with Crippen molar-refractivity contribution in [2.75, 3.05) is 0 Å². The van der Waals surface area contributed by atoms with E-state index in [4.69, 9.17) is 0 Å². The van der Waals surface area contributed by atoms with Crippen LogP contribution in [0.4, 0.5) is 0 Å². The molecule has 0 N–H and O–H groups in total. The molecule has 4 heteroatoms. The van der Waals surface area contributed by atoms with Gasteiger partial charge in [-0.1, -0.05) is 88.0 Å². The first kappa shape index (κ1) is 12.2. The largest absolute Gasteiger partial charge is 0.101 e. The highest BCUT2D eigenvalue weighted by Crippen LogP contribution is 2.64. The van der Waals surface area contributed by atoms with Crippen LogP contribution in [0.25, 0.3) is 0 Å². The normalized spacial score (nSPS) is 39.5. The molecule has 0 aliphatic heterocycles. The van der Waals surface area contributed by atoms with E-state index in [-0.39, 0.29) is 3.23 Å². The zero-order chi connectivity index (χ0) is 11.5. The second-order valence-corrected chi connectivity index (χ2v) is 10.4. The van der Waals surface area contributed by atoms with Crippen LogP contribution in [0.2, 0.25) is 0 Å². The van der Waals surface area contributed by atoms with Crippen molar-refractivity contribution >= 4 is 63.7 Å². The Morgan fingerprint density at radius 2 is 1.69 bits per heavy atom. The van der Waals surface area contributed by atoms with Crippen LogP contribution in [0.15, 0.2) is 24.3 Å². The number of fused-ring (bicyclic) bond motifs is 2. The van der Waals surface area contributed by atoms with Crippen molar-refractivity contribution in [3.63, 3.8) is 0 Å². The van der Waals surface area contributed by atoms with E-state index in [9.17, 15) is 0 Å². The smallest absolute Gasteiger partial charge is 0.0883 e. The molecular formula is C12H10Br4. The summed E-state index contributed by atoms with van der Waals surface area (Å²) in [4.78, 5) is 0.980. The molecule has 3 aliphatic rings. The average molecular weight is 474 g/mol. The summed E-state index contributed by atoms with van der Waals surface area (Å²) in [6.07, 6.45) is 1.20. The van der Waals surface area contributed by atoms with Gasteiger partial charge in [-0.3, -0.25) is 0 Å². The summed E-state index contributed by atoms with van der Waals surface area (Å²) in [5, 5.41) is 0. The van der Waals surface area contributed by atoms with Gasteiger partial charge >= 0.3 is 0 Å². The highest BCUT2D eigenvalue weighted by Gasteiger charge is 2.56. The Morgan fingerprint density at radius 1 is 1.06 bits per heavy atom. The Hall–Kier alpha value is 1.14. The van der Waals surface area contributed by atoms with Gasteiger partial charge in [-0.15, -0.1) is 0 Å². The van der Waals surface area contributed by atoms with Gasteiger partial charge in [0.05, 0.1) is 0 Å². The lowest BCUT2D eigenvalue weighted by atomic mass is 9.67. The van der Waals surface area contributed by atoms with Gasteiger partial charge in [0.15, 0.2) is 0 Å². The van der Waals surface area contributed by atoms with Gasteiger partial charge in [0, 0.05) is 15.6 Å². The van der Waals surface area contributed by atoms with E-state index in [1.807, 2.05) is 0 Å². The summed E-state index contributed by atoms with van der Waals surface area (Å²) < 4.78 is -0.0363. The summed E-state index contributed by atoms with van der Waals surface area (Å²) in [6.45, 7) is 0. The van der Waals surface area contributed by atoms with Crippen LogP contribution in [0, 0.1) is 0 Å². The molecule has 3 aliphatic carbocycles. The number of benzene rings is 1. The fourth-order valence-corrected chi connectivity index (χ4v) is 7.37. The predicted molar refractivity (Wildman–Crippen MR) is 82.6 cm³/mol. The molecule has 0 spiro atoms. The number of halogens is 4. The van der Waals surface area contributed by atoms with Crippen molar-refractivity contribution in [3.05, 3.63) is 35.4 Å². The second-order valence-electron chi connectivity index (χ2n) is 4.54. The van der Waals surface area contributed by atoms with Crippen molar-refractivity contribution < 1.29 is 0 Å². The zero-order valence-electron chi connectivity index (χ0n) is 8.34. The van der Waals surface area contributed by atoms with Crippen LogP contribution < -0.4 is 0 Å². The molecule has 86 valence electrons. The van der Waals surface area contributed by atoms with Gasteiger partial charge in [0.1, 0.15) is 3.23 Å². The first-order chi connectivity index (χ1) is 7.53. The minimum atomic E-state index is -0.0363. The van der Waals surface area contributed by atoms with Crippen molar-refractivity contribution in [2.45, 2.75) is 31.1 Å². The number of rotatable bonds is 0. The lowest BCUT2D eigenvalue weighted by molar-refractivity contribution is 0.387. The summed E-state index contributed by atoms with van der Waals surface area (Å²) in [6, 6.07) is 8.82. The molecule has 0 amide bonds. The maximum absolute atomic E-state index is 3.86. The lowest BCUT2D eigenvalue weighted by Gasteiger charge is -2.52. The molecule has 2 bridgehead atoms. The van der Waals surface area contributed by atoms with Crippen molar-refractivity contribution in [2.24, 2.45) is 0 Å². The molecule has 1 saturated carbocycles. The van der Waals surface area contributed by atoms with E-state index in [0.717, 1.165) is 0 Å². The zero-order valence-corrected chi connectivity index (χ0v) is 14.7. The molecular weight excluding hydrogens is 464 g/mol. The van der Waals surface area contributed by atoms with E-state index in [1.54, 1.807) is 0 Å². The van der Waals surface area contributed by atoms with E-state index in [1.165, 1.54) is 17.5 Å². The van der Waals surface area contributed by atoms with Crippen LogP contribution in [0.3, 0.4) is 0 Å². The average Bonchev–Trinajstić information content (AvgIpc) is 2.24. The quantitative estimate of drug-likeness (QED) is 0.450. The SMILES string of the molecule is BrC1C[C@H]2c3ccccc3[C@@H]1C(Br)(Br)[C@@H]2Br. The van der Waals surface area contributed by atoms with Gasteiger partial charge in [-0.2, -0.15) is 0 Å². The van der Waals surface area contributed by atoms with Gasteiger partial charge in [-0.05, 0) is 23.5 Å². The molecule has 1 unspecified atom stereocenters. The Kier molecular flexibility index (Phi) is 3.10. The Bertz CT molecular complexity index is 429. The molecule has 1 aromatic rings. The Labute approximate surface area is 129 Å². The summed E-state index contributed by atoms with van der Waals surface area (Å²) in [7, 11) is 0. The molecule has 0 nitrogen and oxygen atoms in total. The van der Waals surface area contributed by atoms with Crippen LogP contribution in [-0.2, 0) is 0 Å². The van der Waals surface area contributed by atoms with Crippen molar-refractivity contribution in [3.8, 4) is 0 Å². The van der Waals surface area contributed by atoms with Gasteiger partial charge in [-0.25, -0.2) is 0 Å². The topological polar surface area (TPSA) is 0 Å². The maximum Gasteiger partial charge on any atom is 0.101 e. The van der Waals surface area contributed by atoms with Gasteiger partial charge in [0.25, 0.3) is 0 Å². The van der Waals surface area contributed by atoms with Gasteiger partial charge < -0.3 is 0 Å². The first-order valence-corrected chi connectivity index (χ1v) is 8.70. The Morgan fingerprint density at radius 3 is 2.38 bits per heavy atom. The third-order valence-electron chi connectivity index (χ3n) is 3.71. The standard InChI is InChI=1S/C12H10Br4/c13-9-5-8-6-3-1-2-4-7(6)10(9)12(15,16)11(8)14/h1-4,8-11H,5H2/t8-,9?,10-,11+/m0/s1. The monoisotopic (exact) mass is 470 g/mol. The summed E-state index contributed by atoms with van der Waals surface area (Å²) >= 11 is 15.4. The first-order valence-electron chi connectivity index (χ1n) is 5.28. The second kappa shape index (κ2) is 4.07. The van der Waals surface area contributed by atoms with E-state index in [2.05, 4.69) is 88.0 Å². The molecule has 16 heavy (non-hydrogen) atoms. The minimum absolute atomic E-state index is 0.0363. The van der Waals surface area contributed by atoms with E-state index >= 15 is 0 Å². The van der Waals surface area contributed by atoms with E-state index in [0.29, 0.717) is 21.5 Å². The third kappa shape index (κ3) is 1.55. The summed E-state index contributed by atoms with van der Waals surface area (Å²) in [5.41, 5.74) is 2.99. The lowest BCUT2D eigenvalue weighted by Crippen LogP contribution is -2.50. The predicted octanol–water partition coefficient (Wildman–Crippen LogP) is 5.28. The number of hydrogen-bond acceptors (Lipinski definition) is 0. The molecule has 0 aromatic heterocycles. The molecule has 0 heterocycles. The van der Waals surface area contributed by atoms with Crippen LogP contribution in [-0.4, -0.2) is 12.9 Å². The van der Waals surface area contributed by atoms with Crippen molar-refractivity contribution in [1.82, 2.24) is 0 Å². The van der Waals surface area contributed by atoms with E-state index < -0.39 is 0 Å². The number of alkyl halides is 4. The van der Waals surface area contributed by atoms with Crippen LogP contribution in [0.1, 0.15) is 29.4 Å². The minimum Gasteiger partial charge on any atom is -0.0883 e. The fraction of sp³-hybridized carbons (Fsp3) is 0.500. The summed E-state index contributed by atoms with van der Waals surface area (Å²) in [5.74, 6) is 1.04. The Balaban J connectivity index is 2.22. The molecule has 4 atom stereocenters. The molecule has 1 fully saturated rings. The fourth-order valence-electron chi connectivity index (χ4n) is 3.00. The number of hydrogen-bond donors (Lipinski definition) is 0. The van der Waals surface area contributed by atoms with Crippen LogP contribution >= 0.6 is 63.7 Å². The molecule has 0 radical (unpaired) electrons. The molecule has 1 aromatic carbocycles. The van der Waals surface area contributed by atoms with Crippen molar-refractivity contribution in [1.29, 1.82) is 0 Å². The van der Waals surface area contributed by atoms with Crippen LogP contribution in [0.5, 0.6) is 0 Å². The van der Waals surface area contributed by atoms with Gasteiger partial charge in [0.2, 0.25) is 0 Å². The molecule has 4 rings (SSSR count). The molecule has 0 saturated heterocycles. The third-order valence-corrected chi connectivity index (χ3v) is 9.17. The highest BCUT2D eigenvalue weighted by molar-refractivity contribution is 9.26.